The molecule has 2 aromatic heterocycles. The number of likely N-dealkylation sites (tertiary alicyclic amines) is 1. The van der Waals surface area contributed by atoms with Gasteiger partial charge in [-0.2, -0.15) is 9.29 Å². The summed E-state index contributed by atoms with van der Waals surface area (Å²) in [4.78, 5) is 42.4. The van der Waals surface area contributed by atoms with Crippen LogP contribution in [0.3, 0.4) is 0 Å². The number of amides is 1. The van der Waals surface area contributed by atoms with E-state index in [0.717, 1.165) is 56.5 Å². The third-order valence-electron chi connectivity index (χ3n) is 17.1. The first kappa shape index (κ1) is 49.8. The van der Waals surface area contributed by atoms with E-state index in [2.05, 4.69) is 56.2 Å². The number of sulfone groups is 1. The van der Waals surface area contributed by atoms with Gasteiger partial charge in [0.25, 0.3) is 11.6 Å². The van der Waals surface area contributed by atoms with Gasteiger partial charge in [-0.3, -0.25) is 24.7 Å². The smallest absolute Gasteiger partial charge is 0.297 e. The Morgan fingerprint density at radius 2 is 1.72 bits per heavy atom. The molecule has 12 rings (SSSR count). The van der Waals surface area contributed by atoms with Crippen LogP contribution in [0.15, 0.2) is 76.7 Å². The van der Waals surface area contributed by atoms with Gasteiger partial charge >= 0.3 is 0 Å². The number of primary amides is 1. The van der Waals surface area contributed by atoms with Crippen LogP contribution >= 0.6 is 0 Å². The summed E-state index contributed by atoms with van der Waals surface area (Å²) in [7, 11) is -8.24. The van der Waals surface area contributed by atoms with Crippen molar-refractivity contribution < 1.29 is 40.8 Å². The van der Waals surface area contributed by atoms with Crippen LogP contribution < -0.4 is 30.3 Å². The van der Waals surface area contributed by atoms with Crippen molar-refractivity contribution in [2.75, 3.05) is 87.3 Å². The highest BCUT2D eigenvalue weighted by Crippen LogP contribution is 2.56. The van der Waals surface area contributed by atoms with E-state index in [0.29, 0.717) is 74.9 Å². The Kier molecular flexibility index (Phi) is 12.6. The number of piperazine rings is 1. The number of rotatable bonds is 12. The first-order valence-electron chi connectivity index (χ1n) is 26.2. The fourth-order valence-electron chi connectivity index (χ4n) is 13.1. The Morgan fingerprint density at radius 3 is 2.45 bits per heavy atom. The van der Waals surface area contributed by atoms with E-state index in [9.17, 15) is 23.3 Å². The summed E-state index contributed by atoms with van der Waals surface area (Å²) in [6, 6.07) is 17.8. The molecule has 75 heavy (non-hydrogen) atoms. The first-order valence-corrected chi connectivity index (χ1v) is 29.2. The van der Waals surface area contributed by atoms with E-state index in [1.54, 1.807) is 37.1 Å². The van der Waals surface area contributed by atoms with Crippen molar-refractivity contribution in [3.63, 3.8) is 0 Å². The number of nitrogens with two attached hydrogens (primary N) is 1. The number of nitro benzene ring substituents is 1. The van der Waals surface area contributed by atoms with Crippen molar-refractivity contribution >= 4 is 65.2 Å². The molecule has 7 aliphatic rings. The molecule has 5 fully saturated rings. The largest absolute Gasteiger partial charge is 0.489 e. The lowest BCUT2D eigenvalue weighted by Crippen LogP contribution is -2.55. The number of hydrogen-bond acceptors (Lipinski definition) is 16. The van der Waals surface area contributed by atoms with Gasteiger partial charge in [-0.25, -0.2) is 16.8 Å². The van der Waals surface area contributed by atoms with Gasteiger partial charge in [-0.1, -0.05) is 24.3 Å². The number of nitro groups is 1. The molecular formula is C53H64N10O10S2. The van der Waals surface area contributed by atoms with E-state index >= 15 is 8.42 Å². The molecule has 5 aromatic rings. The van der Waals surface area contributed by atoms with Crippen LogP contribution in [0, 0.1) is 22.5 Å². The number of piperidine rings is 1. The second-order valence-electron chi connectivity index (χ2n) is 21.9. The minimum Gasteiger partial charge on any atom is -0.489 e. The number of carbonyl (C=O) groups is 1. The van der Waals surface area contributed by atoms with Crippen molar-refractivity contribution in [3.8, 4) is 11.6 Å². The number of benzene rings is 3. The summed E-state index contributed by atoms with van der Waals surface area (Å²) in [6.45, 7) is 9.98. The van der Waals surface area contributed by atoms with E-state index in [4.69, 9.17) is 24.9 Å². The van der Waals surface area contributed by atoms with Crippen molar-refractivity contribution in [2.24, 2.45) is 11.1 Å². The number of pyridine rings is 1. The lowest BCUT2D eigenvalue weighted by atomic mass is 9.59. The Bertz CT molecular complexity index is 3310. The average Bonchev–Trinajstić information content (AvgIpc) is 4.19. The summed E-state index contributed by atoms with van der Waals surface area (Å²) < 4.78 is 78.2. The predicted octanol–water partition coefficient (Wildman–Crippen LogP) is 6.12. The first-order chi connectivity index (χ1) is 36.0. The zero-order chi connectivity index (χ0) is 52.1. The molecule has 398 valence electrons. The highest BCUT2D eigenvalue weighted by molar-refractivity contribution is 7.92. The number of H-pyrrole nitrogens is 1. The van der Waals surface area contributed by atoms with Gasteiger partial charge < -0.3 is 40.0 Å². The van der Waals surface area contributed by atoms with Crippen LogP contribution in [0.4, 0.5) is 28.4 Å². The van der Waals surface area contributed by atoms with E-state index in [-0.39, 0.29) is 58.7 Å². The molecule has 3 aromatic carbocycles. The number of nitrogens with zero attached hydrogens (tertiary/aromatic N) is 7. The second kappa shape index (κ2) is 18.9. The van der Waals surface area contributed by atoms with Crippen LogP contribution in [-0.2, 0) is 24.6 Å². The quantitative estimate of drug-likeness (QED) is 0.0942. The fourth-order valence-corrected chi connectivity index (χ4v) is 16.1. The van der Waals surface area contributed by atoms with Crippen LogP contribution in [0.2, 0.25) is 0 Å². The molecule has 0 radical (unpaired) electrons. The van der Waals surface area contributed by atoms with Gasteiger partial charge in [0.2, 0.25) is 25.7 Å². The summed E-state index contributed by atoms with van der Waals surface area (Å²) in [6.07, 6.45) is 7.21. The van der Waals surface area contributed by atoms with Crippen molar-refractivity contribution in [3.05, 3.63) is 93.7 Å². The lowest BCUT2D eigenvalue weighted by molar-refractivity contribution is -0.384. The van der Waals surface area contributed by atoms with Crippen molar-refractivity contribution in [1.82, 2.24) is 24.1 Å². The van der Waals surface area contributed by atoms with Gasteiger partial charge in [0.15, 0.2) is 11.4 Å². The molecule has 1 aliphatic carbocycles. The number of ether oxygens (including phenoxy) is 3. The molecule has 20 nitrogen and oxygen atoms in total. The van der Waals surface area contributed by atoms with Crippen molar-refractivity contribution in [2.45, 2.75) is 105 Å². The number of hydrogen-bond donors (Lipinski definition) is 3. The average molecular weight is 1070 g/mol. The molecule has 4 atom stereocenters. The van der Waals surface area contributed by atoms with Crippen LogP contribution in [0.1, 0.15) is 79.9 Å². The summed E-state index contributed by atoms with van der Waals surface area (Å²) in [5.74, 6) is -0.666. The molecular weight excluding hydrogens is 1000 g/mol. The van der Waals surface area contributed by atoms with E-state index in [1.165, 1.54) is 21.5 Å². The van der Waals surface area contributed by atoms with Crippen LogP contribution in [0.5, 0.6) is 11.6 Å². The summed E-state index contributed by atoms with van der Waals surface area (Å²) in [5.41, 5.74) is 9.88. The fraction of sp³-hybridized carbons (Fsp3) is 0.509. The normalized spacial score (nSPS) is 24.3. The van der Waals surface area contributed by atoms with E-state index < -0.39 is 64.7 Å². The van der Waals surface area contributed by atoms with Gasteiger partial charge in [0.05, 0.1) is 57.3 Å². The molecule has 4 saturated heterocycles. The van der Waals surface area contributed by atoms with Gasteiger partial charge in [-0.05, 0) is 107 Å². The molecule has 0 unspecified atom stereocenters. The predicted molar refractivity (Wildman–Crippen MR) is 283 cm³/mol. The lowest BCUT2D eigenvalue weighted by Gasteiger charge is -2.56. The number of aryl methyl sites for hydroxylation is 1. The number of fused-ring (bicyclic) bond motifs is 4. The Balaban J connectivity index is 0.906. The molecule has 1 spiro atoms. The number of sulfonamides is 1. The van der Waals surface area contributed by atoms with Gasteiger partial charge in [0.1, 0.15) is 28.9 Å². The second-order valence-corrected chi connectivity index (χ2v) is 26.2. The number of aromatic amines is 1. The monoisotopic (exact) mass is 1060 g/mol. The maximum Gasteiger partial charge on any atom is 0.297 e. The number of anilines is 4. The van der Waals surface area contributed by atoms with E-state index in [1.807, 2.05) is 12.1 Å². The highest BCUT2D eigenvalue weighted by Gasteiger charge is 2.51. The third-order valence-corrected chi connectivity index (χ3v) is 21.2. The number of carbonyl (C=O) groups excluding carboxylic acids is 1. The Hall–Kier alpha value is -6.04. The van der Waals surface area contributed by atoms with Crippen molar-refractivity contribution in [1.29, 1.82) is 0 Å². The van der Waals surface area contributed by atoms with Gasteiger partial charge in [-0.15, -0.1) is 0 Å². The topological polar surface area (TPSA) is 239 Å². The summed E-state index contributed by atoms with van der Waals surface area (Å²) >= 11 is 0. The van der Waals surface area contributed by atoms with Crippen LogP contribution in [-0.4, -0.2) is 153 Å². The molecule has 4 N–H and O–H groups in total. The SMILES string of the molecule is Cc1ccccc1[C@@H]1CCCN1C1CC2(CCN(c3ccc(C(N)=O)c(N4c5cc6cc[nH]c6nc5O[C@@H]5COC[C@H]54)c3S(=O)(=O)c3cc4c(c([N+](=O)[O-])c3)N[C@@H](CN3CCN(S(=O)(=O)C(C)C)CC3)CO4)CC2)C1. The molecule has 1 amide bonds. The standard InChI is InChI=1S/C53H64N10O10S2/c1-32(2)75(69,70)60-21-19-58(20-22-60)28-35-29-72-45-25-37(24-42(63(65)66)47(45)56-35)74(67,68)49-41(59-17-13-53(14-18-59)26-36(27-53)61-16-6-9-40(61)38-8-5-4-7-33(38)3)11-10-39(50(54)64)48(49)62-43-23-34-12-15-55-51(34)57-52(43)73-46-31-71-30-44(46)62/h4-5,7-8,10-12,15,23-25,32,35-36,40,44,46,56H,6,9,13-14,16-22,26-31H2,1-3H3,(H2,54,64)(H,55,57)/t35-,40-,44+,46+/m0/s1. The molecule has 8 heterocycles. The Morgan fingerprint density at radius 1 is 0.947 bits per heavy atom. The maximum absolute atomic E-state index is 16.1. The maximum atomic E-state index is 16.1. The summed E-state index contributed by atoms with van der Waals surface area (Å²) in [5, 5.41) is 16.6. The zero-order valence-electron chi connectivity index (χ0n) is 42.4. The molecule has 22 heteroatoms. The molecule has 1 saturated carbocycles. The minimum absolute atomic E-state index is 0.0110. The molecule has 6 aliphatic heterocycles. The highest BCUT2D eigenvalue weighted by atomic mass is 32.2. The Labute approximate surface area is 436 Å². The minimum atomic E-state index is -4.82. The number of nitrogens with one attached hydrogen (secondary N) is 2. The number of aromatic nitrogens is 2. The van der Waals surface area contributed by atoms with Crippen LogP contribution in [0.25, 0.3) is 11.0 Å². The zero-order valence-corrected chi connectivity index (χ0v) is 44.1. The molecule has 0 bridgehead atoms. The third kappa shape index (κ3) is 8.64. The van der Waals surface area contributed by atoms with Gasteiger partial charge in [0, 0.05) is 81.6 Å².